The molecule has 0 fully saturated rings. The van der Waals surface area contributed by atoms with Crippen LogP contribution in [0.25, 0.3) is 11.0 Å². The van der Waals surface area contributed by atoms with Gasteiger partial charge in [0.05, 0.1) is 16.8 Å². The van der Waals surface area contributed by atoms with Crippen molar-refractivity contribution in [3.8, 4) is 0 Å². The van der Waals surface area contributed by atoms with E-state index in [4.69, 9.17) is 4.42 Å². The largest absolute Gasteiger partial charge is 0.437 e. The molecule has 0 amide bonds. The Morgan fingerprint density at radius 3 is 2.12 bits per heavy atom. The Balaban J connectivity index is 1.85. The predicted octanol–water partition coefficient (Wildman–Crippen LogP) is 9.16. The minimum Gasteiger partial charge on any atom is -0.437 e. The second kappa shape index (κ2) is 7.06. The monoisotopic (exact) mass is 423 g/mol. The molecule has 4 nitrogen and oxygen atoms in total. The quantitative estimate of drug-likeness (QED) is 0.270. The summed E-state index contributed by atoms with van der Waals surface area (Å²) in [5.74, 6) is 0.715. The first-order valence-electron chi connectivity index (χ1n) is 11.1. The van der Waals surface area contributed by atoms with Crippen LogP contribution in [0.2, 0.25) is 0 Å². The molecule has 0 N–H and O–H groups in total. The van der Waals surface area contributed by atoms with Gasteiger partial charge < -0.3 is 4.42 Å². The van der Waals surface area contributed by atoms with Crippen molar-refractivity contribution >= 4 is 39.6 Å². The molecule has 0 radical (unpaired) electrons. The molecule has 0 spiro atoms. The van der Waals surface area contributed by atoms with Crippen LogP contribution in [0.15, 0.2) is 63.2 Å². The fourth-order valence-electron chi connectivity index (χ4n) is 4.51. The smallest absolute Gasteiger partial charge is 0.233 e. The Labute approximate surface area is 189 Å². The van der Waals surface area contributed by atoms with Crippen LogP contribution in [0.1, 0.15) is 48.6 Å². The van der Waals surface area contributed by atoms with Gasteiger partial charge >= 0.3 is 0 Å². The number of rotatable bonds is 1. The van der Waals surface area contributed by atoms with Gasteiger partial charge in [-0.1, -0.05) is 50.6 Å². The second-order valence-corrected chi connectivity index (χ2v) is 9.99. The van der Waals surface area contributed by atoms with Gasteiger partial charge in [0.1, 0.15) is 11.3 Å². The van der Waals surface area contributed by atoms with E-state index >= 15 is 0 Å². The fraction of sp³-hybridized carbons (Fsp3) is 0.286. The predicted molar refractivity (Wildman–Crippen MR) is 133 cm³/mol. The van der Waals surface area contributed by atoms with Gasteiger partial charge in [0.15, 0.2) is 5.69 Å². The molecule has 0 aliphatic carbocycles. The van der Waals surface area contributed by atoms with Gasteiger partial charge in [0.2, 0.25) is 5.88 Å². The molecule has 4 heteroatoms. The molecule has 162 valence electrons. The van der Waals surface area contributed by atoms with Crippen LogP contribution in [-0.4, -0.2) is 0 Å². The Morgan fingerprint density at radius 1 is 0.781 bits per heavy atom. The Kier molecular flexibility index (Phi) is 4.52. The number of furan rings is 1. The van der Waals surface area contributed by atoms with Crippen LogP contribution < -0.4 is 4.90 Å². The first-order chi connectivity index (χ1) is 15.1. The average molecular weight is 424 g/mol. The van der Waals surface area contributed by atoms with Crippen LogP contribution >= 0.6 is 0 Å². The van der Waals surface area contributed by atoms with E-state index in [0.29, 0.717) is 5.88 Å². The molecule has 0 unspecified atom stereocenters. The number of hydrogen-bond acceptors (Lipinski definition) is 4. The minimum atomic E-state index is 0.0779. The zero-order valence-electron chi connectivity index (χ0n) is 19.9. The highest BCUT2D eigenvalue weighted by atomic mass is 16.4. The number of anilines is 3. The topological polar surface area (TPSA) is 41.1 Å². The number of azo groups is 1. The normalized spacial score (nSPS) is 13.3. The summed E-state index contributed by atoms with van der Waals surface area (Å²) in [7, 11) is 0. The summed E-state index contributed by atoms with van der Waals surface area (Å²) in [5, 5.41) is 10.3. The van der Waals surface area contributed by atoms with Crippen molar-refractivity contribution in [2.45, 2.75) is 53.9 Å². The van der Waals surface area contributed by atoms with Crippen molar-refractivity contribution in [2.24, 2.45) is 10.2 Å². The van der Waals surface area contributed by atoms with Gasteiger partial charge in [0, 0.05) is 0 Å². The number of benzene rings is 3. The molecule has 32 heavy (non-hydrogen) atoms. The van der Waals surface area contributed by atoms with Gasteiger partial charge in [-0.15, -0.1) is 10.2 Å². The molecular weight excluding hydrogens is 394 g/mol. The summed E-state index contributed by atoms with van der Waals surface area (Å²) < 4.78 is 6.46. The average Bonchev–Trinajstić information content (AvgIpc) is 2.98. The first-order valence-corrected chi connectivity index (χ1v) is 11.1. The highest BCUT2D eigenvalue weighted by molar-refractivity contribution is 6.01. The van der Waals surface area contributed by atoms with Crippen LogP contribution in [-0.2, 0) is 5.41 Å². The Hall–Kier alpha value is -3.40. The van der Waals surface area contributed by atoms with E-state index in [2.05, 4.69) is 106 Å². The summed E-state index contributed by atoms with van der Waals surface area (Å²) >= 11 is 0. The van der Waals surface area contributed by atoms with Crippen LogP contribution in [0.4, 0.5) is 28.6 Å². The number of fused-ring (bicyclic) bond motifs is 4. The van der Waals surface area contributed by atoms with Gasteiger partial charge in [-0.05, 0) is 79.6 Å². The van der Waals surface area contributed by atoms with E-state index in [-0.39, 0.29) is 5.41 Å². The van der Waals surface area contributed by atoms with E-state index in [0.717, 1.165) is 39.3 Å². The maximum atomic E-state index is 6.46. The molecule has 3 aromatic carbocycles. The van der Waals surface area contributed by atoms with E-state index in [1.165, 1.54) is 22.3 Å². The lowest BCUT2D eigenvalue weighted by Crippen LogP contribution is -2.16. The number of aryl methyl sites for hydroxylation is 4. The lowest BCUT2D eigenvalue weighted by atomic mass is 9.84. The minimum absolute atomic E-state index is 0.0779. The van der Waals surface area contributed by atoms with Crippen molar-refractivity contribution in [1.29, 1.82) is 0 Å². The van der Waals surface area contributed by atoms with Crippen LogP contribution in [0.5, 0.6) is 0 Å². The summed E-state index contributed by atoms with van der Waals surface area (Å²) in [6.07, 6.45) is 0. The van der Waals surface area contributed by atoms with Gasteiger partial charge in [-0.25, -0.2) is 0 Å². The molecular formula is C28H29N3O. The standard InChI is InChI=1S/C28H29N3O/c1-16-9-11-24-21(12-16)25-27(32-24)31(23-10-8-17(2)13-22(23)29-30-25)26-18(3)14-20(15-19(26)4)28(5,6)7/h8-15H,1-7H3. The number of hydrogen-bond donors (Lipinski definition) is 0. The lowest BCUT2D eigenvalue weighted by Gasteiger charge is -2.29. The molecule has 4 aromatic rings. The summed E-state index contributed by atoms with van der Waals surface area (Å²) in [6, 6.07) is 17.1. The van der Waals surface area contributed by atoms with Gasteiger partial charge in [0.25, 0.3) is 0 Å². The Bertz CT molecular complexity index is 1380. The Morgan fingerprint density at radius 2 is 1.44 bits per heavy atom. The summed E-state index contributed by atoms with van der Waals surface area (Å²) in [5.41, 5.74) is 10.7. The molecule has 0 atom stereocenters. The molecule has 2 heterocycles. The van der Waals surface area contributed by atoms with E-state index in [9.17, 15) is 0 Å². The van der Waals surface area contributed by atoms with Crippen LogP contribution in [0, 0.1) is 27.7 Å². The second-order valence-electron chi connectivity index (χ2n) is 9.99. The molecule has 0 bridgehead atoms. The molecule has 0 saturated heterocycles. The third-order valence-electron chi connectivity index (χ3n) is 6.21. The summed E-state index contributed by atoms with van der Waals surface area (Å²) in [4.78, 5) is 2.20. The molecule has 1 aliphatic heterocycles. The third-order valence-corrected chi connectivity index (χ3v) is 6.21. The first kappa shape index (κ1) is 20.5. The molecule has 1 aliphatic rings. The van der Waals surface area contributed by atoms with E-state index in [1.807, 2.05) is 6.07 Å². The zero-order chi connectivity index (χ0) is 22.8. The van der Waals surface area contributed by atoms with Crippen LogP contribution in [0.3, 0.4) is 0 Å². The van der Waals surface area contributed by atoms with Crippen molar-refractivity contribution in [3.63, 3.8) is 0 Å². The SMILES string of the molecule is Cc1ccc2c(c1)N=Nc1c(oc3ccc(C)cc13)N2c1c(C)cc(C(C)(C)C)cc1C. The zero-order valence-corrected chi connectivity index (χ0v) is 19.9. The number of nitrogens with zero attached hydrogens (tertiary/aromatic N) is 3. The van der Waals surface area contributed by atoms with Gasteiger partial charge in [-0.2, -0.15) is 0 Å². The van der Waals surface area contributed by atoms with Crippen molar-refractivity contribution in [2.75, 3.05) is 4.90 Å². The highest BCUT2D eigenvalue weighted by Crippen LogP contribution is 2.53. The van der Waals surface area contributed by atoms with Crippen molar-refractivity contribution < 1.29 is 4.42 Å². The van der Waals surface area contributed by atoms with Gasteiger partial charge in [-0.3, -0.25) is 4.90 Å². The van der Waals surface area contributed by atoms with Crippen molar-refractivity contribution in [3.05, 3.63) is 76.3 Å². The fourth-order valence-corrected chi connectivity index (χ4v) is 4.51. The third kappa shape index (κ3) is 3.22. The maximum Gasteiger partial charge on any atom is 0.233 e. The maximum absolute atomic E-state index is 6.46. The molecule has 1 aromatic heterocycles. The van der Waals surface area contributed by atoms with E-state index in [1.54, 1.807) is 0 Å². The summed E-state index contributed by atoms with van der Waals surface area (Å²) in [6.45, 7) is 15.3. The molecule has 5 rings (SSSR count). The molecule has 0 saturated carbocycles. The lowest BCUT2D eigenvalue weighted by molar-refractivity contribution is 0.589. The van der Waals surface area contributed by atoms with Crippen molar-refractivity contribution in [1.82, 2.24) is 0 Å². The van der Waals surface area contributed by atoms with E-state index < -0.39 is 0 Å². The highest BCUT2D eigenvalue weighted by Gasteiger charge is 2.30.